The number of rotatable bonds is 7. The van der Waals surface area contributed by atoms with Crippen molar-refractivity contribution in [2.75, 3.05) is 25.1 Å². The van der Waals surface area contributed by atoms with Crippen molar-refractivity contribution in [3.05, 3.63) is 67.1 Å². The fraction of sp³-hybridized carbons (Fsp3) is 0.346. The highest BCUT2D eigenvalue weighted by molar-refractivity contribution is 9.10. The third kappa shape index (κ3) is 6.20. The lowest BCUT2D eigenvalue weighted by molar-refractivity contribution is -0.142. The number of hydrogen-bond acceptors (Lipinski definition) is 5. The molecule has 2 N–H and O–H groups in total. The van der Waals surface area contributed by atoms with Crippen molar-refractivity contribution >= 4 is 56.0 Å². The van der Waals surface area contributed by atoms with Crippen LogP contribution in [0.1, 0.15) is 28.8 Å². The molecule has 0 atom stereocenters. The Kier molecular flexibility index (Phi) is 8.64. The second kappa shape index (κ2) is 11.7. The summed E-state index contributed by atoms with van der Waals surface area (Å²) in [6, 6.07) is 5.58. The van der Waals surface area contributed by atoms with Gasteiger partial charge in [-0.3, -0.25) is 14.4 Å². The molecular formula is C26H23BrClF4N3O5. The van der Waals surface area contributed by atoms with Crippen molar-refractivity contribution in [1.29, 1.82) is 0 Å². The smallest absolute Gasteiger partial charge is 0.406 e. The number of aromatic nitrogens is 1. The van der Waals surface area contributed by atoms with Gasteiger partial charge in [-0.15, -0.1) is 0 Å². The van der Waals surface area contributed by atoms with Gasteiger partial charge in [0.15, 0.2) is 11.6 Å². The summed E-state index contributed by atoms with van der Waals surface area (Å²) in [5, 5.41) is 11.7. The molecule has 4 rings (SSSR count). The minimum atomic E-state index is -4.76. The number of aliphatic carboxylic acids is 1. The Morgan fingerprint density at radius 2 is 1.90 bits per heavy atom. The lowest BCUT2D eigenvalue weighted by Gasteiger charge is -2.33. The number of hydrogen-bond donors (Lipinski definition) is 2. The van der Waals surface area contributed by atoms with E-state index in [9.17, 15) is 32.7 Å². The molecule has 1 fully saturated rings. The van der Waals surface area contributed by atoms with Crippen molar-refractivity contribution < 1.29 is 37.0 Å². The summed E-state index contributed by atoms with van der Waals surface area (Å²) in [7, 11) is 1.13. The van der Waals surface area contributed by atoms with E-state index in [4.69, 9.17) is 16.3 Å². The van der Waals surface area contributed by atoms with E-state index in [2.05, 4.69) is 21.2 Å². The number of carboxylic acids is 1. The lowest BCUT2D eigenvalue weighted by Crippen LogP contribution is -2.37. The number of alkyl halides is 3. The Hall–Kier alpha value is -3.32. The van der Waals surface area contributed by atoms with Crippen molar-refractivity contribution in [1.82, 2.24) is 9.88 Å². The molecule has 0 radical (unpaired) electrons. The van der Waals surface area contributed by atoms with Crippen LogP contribution in [0.15, 0.2) is 39.7 Å². The zero-order valence-electron chi connectivity index (χ0n) is 20.9. The maximum Gasteiger partial charge on any atom is 0.406 e. The fourth-order valence-electron chi connectivity index (χ4n) is 4.74. The van der Waals surface area contributed by atoms with Gasteiger partial charge in [-0.05, 0) is 36.6 Å². The van der Waals surface area contributed by atoms with E-state index in [1.807, 2.05) is 0 Å². The third-order valence-corrected chi connectivity index (χ3v) is 7.63. The molecule has 1 amide bonds. The number of carbonyl (C=O) groups excluding carboxylic acids is 1. The summed E-state index contributed by atoms with van der Waals surface area (Å²) < 4.78 is 63.0. The van der Waals surface area contributed by atoms with E-state index in [1.165, 1.54) is 4.90 Å². The number of carboxylic acid groups (broad SMARTS) is 1. The van der Waals surface area contributed by atoms with Gasteiger partial charge in [-0.2, -0.15) is 13.2 Å². The van der Waals surface area contributed by atoms with Gasteiger partial charge >= 0.3 is 12.1 Å². The minimum absolute atomic E-state index is 0.0732. The number of methoxy groups -OCH3 is 1. The Labute approximate surface area is 238 Å². The molecule has 2 heterocycles. The van der Waals surface area contributed by atoms with E-state index in [0.29, 0.717) is 19.6 Å². The Morgan fingerprint density at radius 3 is 2.48 bits per heavy atom. The van der Waals surface area contributed by atoms with Gasteiger partial charge in [0, 0.05) is 35.3 Å². The zero-order chi connectivity index (χ0) is 29.4. The van der Waals surface area contributed by atoms with Crippen molar-refractivity contribution in [2.24, 2.45) is 5.92 Å². The average Bonchev–Trinajstić information content (AvgIpc) is 2.88. The van der Waals surface area contributed by atoms with E-state index in [0.717, 1.165) is 19.4 Å². The van der Waals surface area contributed by atoms with Crippen LogP contribution >= 0.6 is 27.5 Å². The molecule has 40 heavy (non-hydrogen) atoms. The highest BCUT2D eigenvalue weighted by atomic mass is 79.9. The Morgan fingerprint density at radius 1 is 1.23 bits per heavy atom. The maximum absolute atomic E-state index is 15.5. The van der Waals surface area contributed by atoms with Crippen LogP contribution in [-0.2, 0) is 17.9 Å². The van der Waals surface area contributed by atoms with Crippen molar-refractivity contribution in [3.63, 3.8) is 0 Å². The van der Waals surface area contributed by atoms with Gasteiger partial charge in [0.25, 0.3) is 5.91 Å². The molecule has 0 bridgehead atoms. The fourth-order valence-corrected chi connectivity index (χ4v) is 5.56. The molecule has 0 spiro atoms. The highest BCUT2D eigenvalue weighted by Gasteiger charge is 2.33. The van der Waals surface area contributed by atoms with Crippen molar-refractivity contribution in [3.8, 4) is 5.75 Å². The number of benzene rings is 2. The second-order valence-corrected chi connectivity index (χ2v) is 10.6. The number of nitrogens with one attached hydrogen (secondary N) is 1. The first-order chi connectivity index (χ1) is 18.8. The lowest BCUT2D eigenvalue weighted by atomic mass is 9.96. The second-order valence-electron chi connectivity index (χ2n) is 9.27. The van der Waals surface area contributed by atoms with Gasteiger partial charge in [-0.1, -0.05) is 33.6 Å². The number of nitrogens with zero attached hydrogens (tertiary/aromatic N) is 2. The molecule has 3 aromatic rings. The summed E-state index contributed by atoms with van der Waals surface area (Å²) in [4.78, 5) is 39.1. The molecule has 0 aliphatic carbocycles. The third-order valence-electron chi connectivity index (χ3n) is 6.66. The summed E-state index contributed by atoms with van der Waals surface area (Å²) in [5.74, 6) is -3.84. The molecule has 1 aliphatic rings. The van der Waals surface area contributed by atoms with Crippen molar-refractivity contribution in [2.45, 2.75) is 32.1 Å². The van der Waals surface area contributed by atoms with E-state index < -0.39 is 52.7 Å². The topological polar surface area (TPSA) is 101 Å². The molecule has 8 nitrogen and oxygen atoms in total. The first kappa shape index (κ1) is 29.7. The largest absolute Gasteiger partial charge is 0.492 e. The molecule has 14 heteroatoms. The van der Waals surface area contributed by atoms with Crippen LogP contribution in [0.3, 0.4) is 0 Å². The van der Waals surface area contributed by atoms with Gasteiger partial charge in [0.1, 0.15) is 17.8 Å². The summed E-state index contributed by atoms with van der Waals surface area (Å²) in [6.07, 6.45) is -3.60. The molecule has 0 unspecified atom stereocenters. The van der Waals surface area contributed by atoms with Gasteiger partial charge < -0.3 is 24.6 Å². The van der Waals surface area contributed by atoms with Crippen LogP contribution < -0.4 is 20.4 Å². The number of halogens is 6. The van der Waals surface area contributed by atoms with Gasteiger partial charge in [0.05, 0.1) is 23.9 Å². The normalized spacial score (nSPS) is 14.4. The number of ether oxygens (including phenoxy) is 1. The highest BCUT2D eigenvalue weighted by Crippen LogP contribution is 2.40. The Balaban J connectivity index is 1.81. The van der Waals surface area contributed by atoms with Gasteiger partial charge in [-0.25, -0.2) is 4.39 Å². The quantitative estimate of drug-likeness (QED) is 0.335. The monoisotopic (exact) mass is 647 g/mol. The minimum Gasteiger partial charge on any atom is -0.492 e. The van der Waals surface area contributed by atoms with Crippen LogP contribution in [0.4, 0.5) is 23.2 Å². The zero-order valence-corrected chi connectivity index (χ0v) is 23.3. The molecule has 2 aromatic carbocycles. The van der Waals surface area contributed by atoms with Crippen LogP contribution in [0.25, 0.3) is 10.9 Å². The molecular weight excluding hydrogens is 626 g/mol. The summed E-state index contributed by atoms with van der Waals surface area (Å²) in [6.45, 7) is -1.44. The predicted molar refractivity (Wildman–Crippen MR) is 144 cm³/mol. The summed E-state index contributed by atoms with van der Waals surface area (Å²) in [5.41, 5.74) is -1.51. The SMILES string of the molecule is COc1c(N2CCC(C(=O)O)CC2)c(F)cc2c(=O)c(C(=O)NCc3ccc(Cl)cc3Br)cn(CC(F)(F)F)c12. The van der Waals surface area contributed by atoms with Gasteiger partial charge in [0.2, 0.25) is 5.43 Å². The Bertz CT molecular complexity index is 1540. The maximum atomic E-state index is 15.5. The molecule has 1 saturated heterocycles. The number of amides is 1. The van der Waals surface area contributed by atoms with E-state index in [1.54, 1.807) is 18.2 Å². The summed E-state index contributed by atoms with van der Waals surface area (Å²) >= 11 is 9.22. The predicted octanol–water partition coefficient (Wildman–Crippen LogP) is 5.36. The number of anilines is 1. The molecule has 214 valence electrons. The van der Waals surface area contributed by atoms with Crippen LogP contribution in [0, 0.1) is 11.7 Å². The first-order valence-electron chi connectivity index (χ1n) is 12.0. The van der Waals surface area contributed by atoms with Crippen LogP contribution in [0.5, 0.6) is 5.75 Å². The van der Waals surface area contributed by atoms with Crippen LogP contribution in [0.2, 0.25) is 5.02 Å². The molecule has 0 saturated carbocycles. The first-order valence-corrected chi connectivity index (χ1v) is 13.2. The molecule has 1 aromatic heterocycles. The van der Waals surface area contributed by atoms with Crippen LogP contribution in [-0.4, -0.2) is 47.9 Å². The number of pyridine rings is 1. The average molecular weight is 649 g/mol. The number of carbonyl (C=O) groups is 2. The standard InChI is InChI=1S/C26H23BrClF4N3O5/c1-40-23-20-16(9-19(29)21(23)34-6-4-13(5-7-34)25(38)39)22(36)17(11-35(20)12-26(30,31)32)24(37)33-10-14-2-3-15(28)8-18(14)27/h2-3,8-9,11,13H,4-7,10,12H2,1H3,(H,33,37)(H,38,39). The number of fused-ring (bicyclic) bond motifs is 1. The van der Waals surface area contributed by atoms with E-state index in [-0.39, 0.29) is 49.4 Å². The van der Waals surface area contributed by atoms with E-state index >= 15 is 4.39 Å². The number of piperidine rings is 1. The molecule has 1 aliphatic heterocycles.